The van der Waals surface area contributed by atoms with Crippen LogP contribution in [0.2, 0.25) is 5.02 Å². The first-order valence-corrected chi connectivity index (χ1v) is 8.28. The number of halogens is 1. The van der Waals surface area contributed by atoms with Crippen LogP contribution in [-0.4, -0.2) is 37.3 Å². The lowest BCUT2D eigenvalue weighted by Gasteiger charge is -2.38. The molecule has 4 nitrogen and oxygen atoms in total. The van der Waals surface area contributed by atoms with Crippen molar-refractivity contribution in [1.29, 1.82) is 0 Å². The second kappa shape index (κ2) is 5.11. The third-order valence-corrected chi connectivity index (χ3v) is 5.32. The number of rotatable bonds is 3. The fourth-order valence-corrected chi connectivity index (χ4v) is 4.13. The van der Waals surface area contributed by atoms with E-state index in [0.29, 0.717) is 18.0 Å². The van der Waals surface area contributed by atoms with Gasteiger partial charge in [0.25, 0.3) is 0 Å². The summed E-state index contributed by atoms with van der Waals surface area (Å²) in [4.78, 5) is 7.44. The maximum absolute atomic E-state index is 6.51. The number of anilines is 1. The molecule has 1 aromatic rings. The molecule has 1 aromatic heterocycles. The first-order valence-electron chi connectivity index (χ1n) is 7.90. The van der Waals surface area contributed by atoms with Crippen LogP contribution in [-0.2, 0) is 11.2 Å². The van der Waals surface area contributed by atoms with Crippen molar-refractivity contribution in [2.24, 2.45) is 5.92 Å². The molecule has 3 atom stereocenters. The number of piperazine rings is 1. The summed E-state index contributed by atoms with van der Waals surface area (Å²) in [6.07, 6.45) is 3.54. The van der Waals surface area contributed by atoms with Crippen LogP contribution in [0.1, 0.15) is 37.1 Å². The van der Waals surface area contributed by atoms with Gasteiger partial charge in [0.15, 0.2) is 0 Å². The maximum Gasteiger partial charge on any atom is 0.132 e. The zero-order chi connectivity index (χ0) is 14.6. The molecule has 1 saturated heterocycles. The highest BCUT2D eigenvalue weighted by Gasteiger charge is 2.39. The van der Waals surface area contributed by atoms with Crippen molar-refractivity contribution in [3.8, 4) is 0 Å². The Balaban J connectivity index is 1.74. The monoisotopic (exact) mass is 307 g/mol. The van der Waals surface area contributed by atoms with Gasteiger partial charge in [-0.1, -0.05) is 11.6 Å². The van der Waals surface area contributed by atoms with E-state index >= 15 is 0 Å². The van der Waals surface area contributed by atoms with Gasteiger partial charge in [-0.25, -0.2) is 4.98 Å². The van der Waals surface area contributed by atoms with Gasteiger partial charge in [-0.15, -0.1) is 0 Å². The lowest BCUT2D eigenvalue weighted by molar-refractivity contribution is 0.0812. The molecule has 21 heavy (non-hydrogen) atoms. The van der Waals surface area contributed by atoms with Gasteiger partial charge in [-0.2, -0.15) is 0 Å². The van der Waals surface area contributed by atoms with Gasteiger partial charge in [0.05, 0.1) is 10.7 Å². The molecule has 4 rings (SSSR count). The summed E-state index contributed by atoms with van der Waals surface area (Å²) >= 11 is 6.51. The summed E-state index contributed by atoms with van der Waals surface area (Å²) < 4.78 is 5.69. The molecule has 1 N–H and O–H groups in total. The summed E-state index contributed by atoms with van der Waals surface area (Å²) in [6.45, 7) is 4.31. The van der Waals surface area contributed by atoms with Crippen LogP contribution >= 0.6 is 11.6 Å². The molecule has 0 aromatic carbocycles. The quantitative estimate of drug-likeness (QED) is 0.931. The minimum atomic E-state index is 0.0556. The van der Waals surface area contributed by atoms with Gasteiger partial charge in [0.2, 0.25) is 0 Å². The molecule has 1 aliphatic carbocycles. The van der Waals surface area contributed by atoms with Crippen molar-refractivity contribution in [3.05, 3.63) is 22.3 Å². The number of pyridine rings is 1. The fourth-order valence-electron chi connectivity index (χ4n) is 3.85. The fraction of sp³-hybridized carbons (Fsp3) is 0.688. The maximum atomic E-state index is 6.51. The topological polar surface area (TPSA) is 37.4 Å². The Morgan fingerprint density at radius 2 is 2.24 bits per heavy atom. The van der Waals surface area contributed by atoms with Crippen molar-refractivity contribution in [1.82, 2.24) is 10.3 Å². The molecule has 3 aliphatic rings. The lowest BCUT2D eigenvalue weighted by atomic mass is 10.1. The van der Waals surface area contributed by atoms with Crippen molar-refractivity contribution in [2.75, 3.05) is 25.1 Å². The first-order chi connectivity index (χ1) is 10.2. The molecule has 0 radical (unpaired) electrons. The molecule has 1 unspecified atom stereocenters. The Bertz CT molecular complexity index is 561. The minimum Gasteiger partial charge on any atom is -0.375 e. The SMILES string of the molecule is COC(c1nc2c(cc1Cl)C[C@@H]1CNC[C@@H](C)N21)C1CC1. The van der Waals surface area contributed by atoms with Gasteiger partial charge < -0.3 is 15.0 Å². The second-order valence-electron chi connectivity index (χ2n) is 6.60. The Morgan fingerprint density at radius 3 is 2.95 bits per heavy atom. The Labute approximate surface area is 130 Å². The number of aromatic nitrogens is 1. The zero-order valence-electron chi connectivity index (χ0n) is 12.6. The molecule has 2 aliphatic heterocycles. The number of nitrogens with one attached hydrogen (secondary N) is 1. The standard InChI is InChI=1S/C16H22ClN3O/c1-9-7-18-8-12-5-11-6-13(17)14(19-16(11)20(9)12)15(21-2)10-3-4-10/h6,9-10,12,15,18H,3-5,7-8H2,1-2H3/t9-,12-,15?/m1/s1. The molecular weight excluding hydrogens is 286 g/mol. The minimum absolute atomic E-state index is 0.0556. The van der Waals surface area contributed by atoms with E-state index in [2.05, 4.69) is 23.2 Å². The van der Waals surface area contributed by atoms with Gasteiger partial charge in [0.1, 0.15) is 11.9 Å². The van der Waals surface area contributed by atoms with Crippen molar-refractivity contribution >= 4 is 17.4 Å². The molecule has 2 fully saturated rings. The molecule has 0 spiro atoms. The number of hydrogen-bond donors (Lipinski definition) is 1. The van der Waals surface area contributed by atoms with Crippen LogP contribution in [0.3, 0.4) is 0 Å². The number of ether oxygens (including phenoxy) is 1. The molecule has 3 heterocycles. The Morgan fingerprint density at radius 1 is 1.43 bits per heavy atom. The highest BCUT2D eigenvalue weighted by Crippen LogP contribution is 2.46. The van der Waals surface area contributed by atoms with E-state index in [4.69, 9.17) is 21.3 Å². The van der Waals surface area contributed by atoms with Crippen molar-refractivity contribution in [2.45, 2.75) is 44.4 Å². The molecule has 5 heteroatoms. The van der Waals surface area contributed by atoms with Crippen molar-refractivity contribution in [3.63, 3.8) is 0 Å². The number of hydrogen-bond acceptors (Lipinski definition) is 4. The van der Waals surface area contributed by atoms with Crippen LogP contribution in [0.15, 0.2) is 6.07 Å². The van der Waals surface area contributed by atoms with Crippen LogP contribution in [0.5, 0.6) is 0 Å². The summed E-state index contributed by atoms with van der Waals surface area (Å²) in [5.74, 6) is 1.73. The number of nitrogens with zero attached hydrogens (tertiary/aromatic N) is 2. The second-order valence-corrected chi connectivity index (χ2v) is 7.01. The molecule has 114 valence electrons. The van der Waals surface area contributed by atoms with E-state index in [1.807, 2.05) is 0 Å². The van der Waals surface area contributed by atoms with Gasteiger partial charge >= 0.3 is 0 Å². The summed E-state index contributed by atoms with van der Waals surface area (Å²) in [5, 5.41) is 4.28. The summed E-state index contributed by atoms with van der Waals surface area (Å²) in [7, 11) is 1.77. The molecule has 0 amide bonds. The van der Waals surface area contributed by atoms with Gasteiger partial charge in [-0.05, 0) is 43.7 Å². The first kappa shape index (κ1) is 13.8. The van der Waals surface area contributed by atoms with Crippen LogP contribution < -0.4 is 10.2 Å². The summed E-state index contributed by atoms with van der Waals surface area (Å²) in [6, 6.07) is 3.12. The van der Waals surface area contributed by atoms with Crippen LogP contribution in [0.4, 0.5) is 5.82 Å². The largest absolute Gasteiger partial charge is 0.375 e. The average Bonchev–Trinajstić information content (AvgIpc) is 3.22. The normalized spacial score (nSPS) is 29.2. The molecule has 1 saturated carbocycles. The predicted molar refractivity (Wildman–Crippen MR) is 84.0 cm³/mol. The smallest absolute Gasteiger partial charge is 0.132 e. The van der Waals surface area contributed by atoms with E-state index in [1.54, 1.807) is 7.11 Å². The van der Waals surface area contributed by atoms with Crippen molar-refractivity contribution < 1.29 is 4.74 Å². The van der Waals surface area contributed by atoms with E-state index < -0.39 is 0 Å². The van der Waals surface area contributed by atoms with E-state index in [9.17, 15) is 0 Å². The van der Waals surface area contributed by atoms with Gasteiger partial charge in [-0.3, -0.25) is 0 Å². The highest BCUT2D eigenvalue weighted by atomic mass is 35.5. The third-order valence-electron chi connectivity index (χ3n) is 5.02. The molecule has 0 bridgehead atoms. The highest BCUT2D eigenvalue weighted by molar-refractivity contribution is 6.31. The predicted octanol–water partition coefficient (Wildman–Crippen LogP) is 2.56. The molecular formula is C16H22ClN3O. The Hall–Kier alpha value is -0.840. The Kier molecular flexibility index (Phi) is 3.36. The summed E-state index contributed by atoms with van der Waals surface area (Å²) in [5.41, 5.74) is 2.22. The van der Waals surface area contributed by atoms with E-state index in [0.717, 1.165) is 36.0 Å². The van der Waals surface area contributed by atoms with E-state index in [-0.39, 0.29) is 6.10 Å². The van der Waals surface area contributed by atoms with Gasteiger partial charge in [0, 0.05) is 32.3 Å². The lowest BCUT2D eigenvalue weighted by Crippen LogP contribution is -2.55. The number of fused-ring (bicyclic) bond motifs is 3. The number of methoxy groups -OCH3 is 1. The average molecular weight is 308 g/mol. The third kappa shape index (κ3) is 2.24. The van der Waals surface area contributed by atoms with Crippen LogP contribution in [0.25, 0.3) is 0 Å². The van der Waals surface area contributed by atoms with Crippen LogP contribution in [0, 0.1) is 5.92 Å². The zero-order valence-corrected chi connectivity index (χ0v) is 13.4. The van der Waals surface area contributed by atoms with E-state index in [1.165, 1.54) is 18.4 Å².